The summed E-state index contributed by atoms with van der Waals surface area (Å²) in [4.78, 5) is 42.3. The molecule has 66 heavy (non-hydrogen) atoms. The van der Waals surface area contributed by atoms with E-state index in [1.54, 1.807) is 12.1 Å². The third kappa shape index (κ3) is 16.7. The van der Waals surface area contributed by atoms with Crippen LogP contribution in [-0.2, 0) is 16.1 Å². The molecule has 10 heteroatoms. The molecule has 0 unspecified atom stereocenters. The van der Waals surface area contributed by atoms with Crippen LogP contribution in [0.2, 0.25) is 0 Å². The molecule has 0 aliphatic carbocycles. The van der Waals surface area contributed by atoms with Gasteiger partial charge in [-0.05, 0) is 111 Å². The summed E-state index contributed by atoms with van der Waals surface area (Å²) in [5.41, 5.74) is 4.90. The summed E-state index contributed by atoms with van der Waals surface area (Å²) in [5, 5.41) is 28.5. The SMILES string of the molecule is CCCCCCCC/C=C\CCCCCCCC(=O)N1CCC(NC(=O)C[C@H](O)C[C@H](O)CCn2c(-c3ccc(F)cc3)c(-c3ccccc3)c(C(=O)Nc3ccccc3)c2C(C)C)CC1. The van der Waals surface area contributed by atoms with Gasteiger partial charge in [-0.25, -0.2) is 4.39 Å². The highest BCUT2D eigenvalue weighted by Gasteiger charge is 2.31. The van der Waals surface area contributed by atoms with Crippen LogP contribution in [-0.4, -0.2) is 68.7 Å². The number of halogens is 1. The molecule has 5 rings (SSSR count). The Morgan fingerprint density at radius 1 is 0.742 bits per heavy atom. The average molecular weight is 905 g/mol. The lowest BCUT2D eigenvalue weighted by Gasteiger charge is -2.32. The predicted molar refractivity (Wildman–Crippen MR) is 267 cm³/mol. The van der Waals surface area contributed by atoms with Gasteiger partial charge in [0.25, 0.3) is 5.91 Å². The first-order valence-electron chi connectivity index (χ1n) is 25.1. The second-order valence-corrected chi connectivity index (χ2v) is 18.6. The Morgan fingerprint density at radius 2 is 1.33 bits per heavy atom. The van der Waals surface area contributed by atoms with Gasteiger partial charge in [0, 0.05) is 49.0 Å². The topological polar surface area (TPSA) is 124 Å². The van der Waals surface area contributed by atoms with Crippen molar-refractivity contribution >= 4 is 23.4 Å². The molecule has 0 bridgehead atoms. The third-order valence-electron chi connectivity index (χ3n) is 12.8. The monoisotopic (exact) mass is 905 g/mol. The quantitative estimate of drug-likeness (QED) is 0.0334. The number of benzene rings is 3. The van der Waals surface area contributed by atoms with E-state index in [4.69, 9.17) is 0 Å². The highest BCUT2D eigenvalue weighted by Crippen LogP contribution is 2.43. The molecule has 358 valence electrons. The Hall–Kier alpha value is -5.06. The van der Waals surface area contributed by atoms with Gasteiger partial charge in [-0.2, -0.15) is 0 Å². The molecule has 2 atom stereocenters. The van der Waals surface area contributed by atoms with Crippen molar-refractivity contribution in [3.05, 3.63) is 114 Å². The van der Waals surface area contributed by atoms with E-state index >= 15 is 0 Å². The summed E-state index contributed by atoms with van der Waals surface area (Å²) in [5.74, 6) is -0.863. The van der Waals surface area contributed by atoms with Crippen molar-refractivity contribution in [3.8, 4) is 22.4 Å². The highest BCUT2D eigenvalue weighted by molar-refractivity contribution is 6.12. The fourth-order valence-corrected chi connectivity index (χ4v) is 9.28. The molecule has 4 aromatic rings. The number of hydrogen-bond donors (Lipinski definition) is 4. The zero-order valence-electron chi connectivity index (χ0n) is 40.0. The molecule has 1 fully saturated rings. The fraction of sp³-hybridized carbons (Fsp3) is 0.518. The number of amides is 3. The van der Waals surface area contributed by atoms with E-state index < -0.39 is 12.2 Å². The molecule has 1 saturated heterocycles. The van der Waals surface area contributed by atoms with Gasteiger partial charge < -0.3 is 30.3 Å². The summed E-state index contributed by atoms with van der Waals surface area (Å²) in [7, 11) is 0. The van der Waals surface area contributed by atoms with E-state index in [1.807, 2.05) is 79.4 Å². The van der Waals surface area contributed by atoms with Crippen LogP contribution in [0.5, 0.6) is 0 Å². The molecule has 4 N–H and O–H groups in total. The number of piperidine rings is 1. The lowest BCUT2D eigenvalue weighted by Crippen LogP contribution is -2.47. The number of nitrogens with one attached hydrogen (secondary N) is 2. The van der Waals surface area contributed by atoms with Gasteiger partial charge in [0.1, 0.15) is 5.82 Å². The second-order valence-electron chi connectivity index (χ2n) is 18.6. The smallest absolute Gasteiger partial charge is 0.258 e. The van der Waals surface area contributed by atoms with Crippen molar-refractivity contribution in [2.24, 2.45) is 0 Å². The lowest BCUT2D eigenvalue weighted by atomic mass is 9.94. The molecule has 1 aliphatic rings. The number of anilines is 1. The number of aliphatic hydroxyl groups is 2. The Bertz CT molecular complexity index is 2080. The Labute approximate surface area is 394 Å². The third-order valence-corrected chi connectivity index (χ3v) is 12.8. The first-order chi connectivity index (χ1) is 32.0. The number of aromatic nitrogens is 1. The molecule has 0 saturated carbocycles. The van der Waals surface area contributed by atoms with Crippen LogP contribution in [0.15, 0.2) is 97.1 Å². The summed E-state index contributed by atoms with van der Waals surface area (Å²) in [6, 6.07) is 25.1. The summed E-state index contributed by atoms with van der Waals surface area (Å²) >= 11 is 0. The van der Waals surface area contributed by atoms with Crippen molar-refractivity contribution in [1.82, 2.24) is 14.8 Å². The van der Waals surface area contributed by atoms with E-state index in [-0.39, 0.29) is 54.8 Å². The van der Waals surface area contributed by atoms with Crippen LogP contribution in [0, 0.1) is 5.82 Å². The van der Waals surface area contributed by atoms with Crippen molar-refractivity contribution in [3.63, 3.8) is 0 Å². The molecule has 3 amide bonds. The van der Waals surface area contributed by atoms with Gasteiger partial charge in [0.05, 0.1) is 29.9 Å². The van der Waals surface area contributed by atoms with E-state index in [9.17, 15) is 29.0 Å². The van der Waals surface area contributed by atoms with E-state index in [1.165, 1.54) is 69.9 Å². The lowest BCUT2D eigenvalue weighted by molar-refractivity contribution is -0.132. The molecule has 3 aromatic carbocycles. The minimum absolute atomic E-state index is 0.00617. The zero-order valence-corrected chi connectivity index (χ0v) is 40.0. The van der Waals surface area contributed by atoms with Crippen LogP contribution in [0.1, 0.15) is 165 Å². The predicted octanol–water partition coefficient (Wildman–Crippen LogP) is 12.4. The minimum atomic E-state index is -1.06. The minimum Gasteiger partial charge on any atom is -0.393 e. The summed E-state index contributed by atoms with van der Waals surface area (Å²) in [6.45, 7) is 7.81. The molecular formula is C56H77FN4O5. The molecule has 9 nitrogen and oxygen atoms in total. The van der Waals surface area contributed by atoms with Gasteiger partial charge in [-0.1, -0.05) is 133 Å². The summed E-state index contributed by atoms with van der Waals surface area (Å²) < 4.78 is 16.4. The molecule has 0 radical (unpaired) electrons. The van der Waals surface area contributed by atoms with Crippen molar-refractivity contribution in [2.75, 3.05) is 18.4 Å². The Balaban J connectivity index is 1.08. The van der Waals surface area contributed by atoms with Crippen LogP contribution in [0.25, 0.3) is 22.4 Å². The number of para-hydroxylation sites is 1. The number of hydrogen-bond acceptors (Lipinski definition) is 5. The molecule has 1 aromatic heterocycles. The maximum atomic E-state index is 14.4. The molecule has 2 heterocycles. The van der Waals surface area contributed by atoms with Crippen molar-refractivity contribution in [1.29, 1.82) is 0 Å². The van der Waals surface area contributed by atoms with Crippen molar-refractivity contribution in [2.45, 2.75) is 173 Å². The number of carbonyl (C=O) groups is 3. The maximum Gasteiger partial charge on any atom is 0.258 e. The average Bonchev–Trinajstić information content (AvgIpc) is 3.66. The van der Waals surface area contributed by atoms with Crippen LogP contribution in [0.4, 0.5) is 10.1 Å². The first-order valence-corrected chi connectivity index (χ1v) is 25.1. The first kappa shape index (κ1) is 51.9. The van der Waals surface area contributed by atoms with E-state index in [0.717, 1.165) is 48.2 Å². The molecular weight excluding hydrogens is 828 g/mol. The van der Waals surface area contributed by atoms with E-state index in [0.29, 0.717) is 55.7 Å². The number of unbranched alkanes of at least 4 members (excludes halogenated alkanes) is 11. The van der Waals surface area contributed by atoms with Crippen LogP contribution < -0.4 is 10.6 Å². The normalized spacial score (nSPS) is 14.2. The standard InChI is InChI=1S/C56H77FN4O5/c1-4-5-6-7-8-9-10-11-12-13-14-15-16-17-24-29-51(65)60-37-34-47(35-38-60)58-50(64)41-49(63)40-48(62)36-39-61-54(42(2)3)53(56(66)59-46-27-22-19-23-28-46)52(43-25-20-18-21-26-43)55(61)44-30-32-45(57)33-31-44/h11-12,18-23,25-28,30-33,42,47-49,62-63H,4-10,13-17,24,29,34-41H2,1-3H3,(H,58,64)(H,59,66)/b12-11-/t48-,49-/m1/s1. The summed E-state index contributed by atoms with van der Waals surface area (Å²) in [6.07, 6.45) is 20.6. The van der Waals surface area contributed by atoms with Gasteiger partial charge in [0.15, 0.2) is 0 Å². The number of carbonyl (C=O) groups excluding carboxylic acids is 3. The number of aliphatic hydroxyl groups excluding tert-OH is 2. The Morgan fingerprint density at radius 3 is 1.95 bits per heavy atom. The zero-order chi connectivity index (χ0) is 47.1. The highest BCUT2D eigenvalue weighted by atomic mass is 19.1. The second kappa shape index (κ2) is 28.2. The van der Waals surface area contributed by atoms with Gasteiger partial charge in [-0.3, -0.25) is 14.4 Å². The van der Waals surface area contributed by atoms with Gasteiger partial charge in [0.2, 0.25) is 11.8 Å². The number of allylic oxidation sites excluding steroid dienone is 2. The number of rotatable bonds is 28. The van der Waals surface area contributed by atoms with Crippen LogP contribution >= 0.6 is 0 Å². The van der Waals surface area contributed by atoms with E-state index in [2.05, 4.69) is 34.3 Å². The Kier molecular flexibility index (Phi) is 22.2. The largest absolute Gasteiger partial charge is 0.393 e. The van der Waals surface area contributed by atoms with Gasteiger partial charge >= 0.3 is 0 Å². The molecule has 0 spiro atoms. The van der Waals surface area contributed by atoms with Crippen LogP contribution in [0.3, 0.4) is 0 Å². The molecule has 1 aliphatic heterocycles. The van der Waals surface area contributed by atoms with Gasteiger partial charge in [-0.15, -0.1) is 0 Å². The number of nitrogens with zero attached hydrogens (tertiary/aromatic N) is 2. The maximum absolute atomic E-state index is 14.4. The number of likely N-dealkylation sites (tertiary alicyclic amines) is 1. The fourth-order valence-electron chi connectivity index (χ4n) is 9.28. The van der Waals surface area contributed by atoms with Crippen molar-refractivity contribution < 1.29 is 29.0 Å².